The first-order chi connectivity index (χ1) is 5.83. The molecular formula is C5H9N4O2P. The summed E-state index contributed by atoms with van der Waals surface area (Å²) >= 11 is 0. The Bertz CT molecular complexity index is 227. The van der Waals surface area contributed by atoms with Gasteiger partial charge in [-0.05, 0) is 0 Å². The summed E-state index contributed by atoms with van der Waals surface area (Å²) in [5.41, 5.74) is 0. The van der Waals surface area contributed by atoms with Gasteiger partial charge in [-0.1, -0.05) is 0 Å². The van der Waals surface area contributed by atoms with Crippen LogP contribution < -0.4 is 0 Å². The van der Waals surface area contributed by atoms with Crippen LogP contribution in [0.25, 0.3) is 0 Å². The van der Waals surface area contributed by atoms with Crippen molar-refractivity contribution in [1.29, 1.82) is 0 Å². The van der Waals surface area contributed by atoms with Gasteiger partial charge >= 0.3 is 0 Å². The standard InChI is InChI=1S/C5H9N4O2P/c10-5(2-11-8-12)1-9-4-6-3-7-9/h3-5,10,12H,1-2H2. The number of nitrogens with zero attached hydrogens (tertiary/aromatic N) is 4. The molecule has 0 aliphatic rings. The summed E-state index contributed by atoms with van der Waals surface area (Å²) in [4.78, 5) is 11.5. The third kappa shape index (κ3) is 3.04. The minimum absolute atomic E-state index is 0.128. The van der Waals surface area contributed by atoms with Gasteiger partial charge in [-0.2, -0.15) is 5.10 Å². The number of hydrogen-bond donors (Lipinski definition) is 1. The highest BCUT2D eigenvalue weighted by atomic mass is 31.0. The minimum atomic E-state index is -0.633. The highest BCUT2D eigenvalue weighted by Crippen LogP contribution is 1.91. The molecule has 0 bridgehead atoms. The van der Waals surface area contributed by atoms with Crippen molar-refractivity contribution in [1.82, 2.24) is 14.8 Å². The number of aliphatic hydroxyl groups excluding tert-OH is 1. The average Bonchev–Trinajstić information content (AvgIpc) is 2.53. The maximum atomic E-state index is 9.26. The molecule has 0 amide bonds. The summed E-state index contributed by atoms with van der Waals surface area (Å²) in [6, 6.07) is 0. The topological polar surface area (TPSA) is 72.5 Å². The van der Waals surface area contributed by atoms with Crippen LogP contribution in [0.5, 0.6) is 0 Å². The van der Waals surface area contributed by atoms with Crippen molar-refractivity contribution in [3.05, 3.63) is 12.7 Å². The second kappa shape index (κ2) is 4.92. The van der Waals surface area contributed by atoms with Crippen molar-refractivity contribution >= 4 is 9.03 Å². The Morgan fingerprint density at radius 1 is 1.75 bits per heavy atom. The van der Waals surface area contributed by atoms with Crippen molar-refractivity contribution in [2.45, 2.75) is 12.6 Å². The van der Waals surface area contributed by atoms with E-state index in [2.05, 4.69) is 28.9 Å². The SMILES string of the molecule is OC(CON=P)Cn1cncn1. The van der Waals surface area contributed by atoms with Crippen LogP contribution in [-0.2, 0) is 11.4 Å². The summed E-state index contributed by atoms with van der Waals surface area (Å²) in [5, 5.41) is 13.1. The van der Waals surface area contributed by atoms with Gasteiger partial charge in [-0.25, -0.2) is 9.82 Å². The molecule has 0 aromatic carbocycles. The third-order valence-electron chi connectivity index (χ3n) is 1.20. The quantitative estimate of drug-likeness (QED) is 0.517. The summed E-state index contributed by atoms with van der Waals surface area (Å²) in [6.45, 7) is 0.477. The average molecular weight is 188 g/mol. The van der Waals surface area contributed by atoms with Gasteiger partial charge in [-0.3, -0.25) is 4.68 Å². The van der Waals surface area contributed by atoms with Crippen LogP contribution in [0.1, 0.15) is 0 Å². The largest absolute Gasteiger partial charge is 0.389 e. The van der Waals surface area contributed by atoms with Crippen LogP contribution in [0.3, 0.4) is 0 Å². The summed E-state index contributed by atoms with van der Waals surface area (Å²) in [5.74, 6) is 0. The van der Waals surface area contributed by atoms with E-state index in [4.69, 9.17) is 0 Å². The van der Waals surface area contributed by atoms with Gasteiger partial charge < -0.3 is 5.11 Å². The Balaban J connectivity index is 2.26. The van der Waals surface area contributed by atoms with E-state index in [9.17, 15) is 5.11 Å². The lowest BCUT2D eigenvalue weighted by Crippen LogP contribution is -2.20. The van der Waals surface area contributed by atoms with E-state index in [1.54, 1.807) is 0 Å². The number of rotatable bonds is 5. The second-order valence-corrected chi connectivity index (χ2v) is 2.34. The van der Waals surface area contributed by atoms with Gasteiger partial charge in [0.05, 0.1) is 12.6 Å². The highest BCUT2D eigenvalue weighted by molar-refractivity contribution is 7.03. The molecule has 0 aliphatic heterocycles. The summed E-state index contributed by atoms with van der Waals surface area (Å²) < 4.78 is 1.52. The molecule has 7 heteroatoms. The van der Waals surface area contributed by atoms with Crippen LogP contribution in [0.15, 0.2) is 17.6 Å². The lowest BCUT2D eigenvalue weighted by molar-refractivity contribution is 0.0320. The molecule has 1 N–H and O–H groups in total. The van der Waals surface area contributed by atoms with Gasteiger partial charge in [0.15, 0.2) is 0 Å². The Labute approximate surface area is 71.4 Å². The maximum Gasteiger partial charge on any atom is 0.137 e. The van der Waals surface area contributed by atoms with E-state index in [1.807, 2.05) is 0 Å². The first-order valence-electron chi connectivity index (χ1n) is 3.32. The van der Waals surface area contributed by atoms with Gasteiger partial charge in [-0.15, -0.1) is 4.91 Å². The van der Waals surface area contributed by atoms with Crippen LogP contribution >= 0.6 is 9.03 Å². The predicted octanol–water partition coefficient (Wildman–Crippen LogP) is -0.103. The zero-order valence-electron chi connectivity index (χ0n) is 6.29. The molecule has 0 saturated carbocycles. The fourth-order valence-electron chi connectivity index (χ4n) is 0.719. The normalized spacial score (nSPS) is 12.8. The molecule has 1 aromatic heterocycles. The molecule has 6 nitrogen and oxygen atoms in total. The Hall–Kier alpha value is -0.840. The molecule has 0 aliphatic carbocycles. The monoisotopic (exact) mass is 188 g/mol. The molecule has 0 radical (unpaired) electrons. The molecule has 0 saturated heterocycles. The molecule has 0 spiro atoms. The van der Waals surface area contributed by atoms with Crippen molar-refractivity contribution in [3.8, 4) is 0 Å². The van der Waals surface area contributed by atoms with Gasteiger partial charge in [0, 0.05) is 9.03 Å². The fraction of sp³-hybridized carbons (Fsp3) is 0.600. The van der Waals surface area contributed by atoms with Crippen LogP contribution in [0, 0.1) is 0 Å². The molecule has 0 fully saturated rings. The fourth-order valence-corrected chi connectivity index (χ4v) is 0.793. The van der Waals surface area contributed by atoms with E-state index >= 15 is 0 Å². The summed E-state index contributed by atoms with van der Waals surface area (Å²) in [7, 11) is 2.76. The highest BCUT2D eigenvalue weighted by Gasteiger charge is 2.04. The van der Waals surface area contributed by atoms with E-state index < -0.39 is 6.10 Å². The molecule has 1 heterocycles. The van der Waals surface area contributed by atoms with E-state index in [-0.39, 0.29) is 6.61 Å². The molecule has 12 heavy (non-hydrogen) atoms. The first kappa shape index (κ1) is 9.25. The smallest absolute Gasteiger partial charge is 0.137 e. The van der Waals surface area contributed by atoms with Crippen LogP contribution in [0.2, 0.25) is 0 Å². The zero-order chi connectivity index (χ0) is 8.81. The Morgan fingerprint density at radius 3 is 3.17 bits per heavy atom. The molecule has 1 atom stereocenters. The van der Waals surface area contributed by atoms with Gasteiger partial charge in [0.2, 0.25) is 0 Å². The minimum Gasteiger partial charge on any atom is -0.389 e. The molecule has 1 unspecified atom stereocenters. The lowest BCUT2D eigenvalue weighted by atomic mass is 10.4. The third-order valence-corrected chi connectivity index (χ3v) is 1.32. The van der Waals surface area contributed by atoms with Gasteiger partial charge in [0.25, 0.3) is 0 Å². The Kier molecular flexibility index (Phi) is 3.79. The van der Waals surface area contributed by atoms with E-state index in [0.29, 0.717) is 6.54 Å². The van der Waals surface area contributed by atoms with Crippen LogP contribution in [-0.4, -0.2) is 32.6 Å². The van der Waals surface area contributed by atoms with Crippen molar-refractivity contribution in [3.63, 3.8) is 0 Å². The van der Waals surface area contributed by atoms with Crippen LogP contribution in [0.4, 0.5) is 0 Å². The number of hydrogen-bond acceptors (Lipinski definition) is 5. The van der Waals surface area contributed by atoms with Gasteiger partial charge in [0.1, 0.15) is 19.3 Å². The predicted molar refractivity (Wildman–Crippen MR) is 42.7 cm³/mol. The maximum absolute atomic E-state index is 9.26. The number of aromatic nitrogens is 3. The van der Waals surface area contributed by atoms with Crippen molar-refractivity contribution in [2.24, 2.45) is 4.91 Å². The molecule has 66 valence electrons. The molecule has 1 aromatic rings. The first-order valence-corrected chi connectivity index (χ1v) is 3.77. The van der Waals surface area contributed by atoms with Crippen molar-refractivity contribution in [2.75, 3.05) is 6.61 Å². The molecule has 1 rings (SSSR count). The van der Waals surface area contributed by atoms with E-state index in [1.165, 1.54) is 17.3 Å². The lowest BCUT2D eigenvalue weighted by Gasteiger charge is -2.06. The molecular weight excluding hydrogens is 179 g/mol. The summed E-state index contributed by atoms with van der Waals surface area (Å²) in [6.07, 6.45) is 2.29. The Morgan fingerprint density at radius 2 is 2.58 bits per heavy atom. The van der Waals surface area contributed by atoms with Crippen molar-refractivity contribution < 1.29 is 9.94 Å². The second-order valence-electron chi connectivity index (χ2n) is 2.16. The van der Waals surface area contributed by atoms with E-state index in [0.717, 1.165) is 0 Å². The zero-order valence-corrected chi connectivity index (χ0v) is 7.29. The number of aliphatic hydroxyl groups is 1.